The highest BCUT2D eigenvalue weighted by Crippen LogP contribution is 2.28. The van der Waals surface area contributed by atoms with Crippen molar-refractivity contribution in [3.63, 3.8) is 0 Å². The zero-order chi connectivity index (χ0) is 10.7. The van der Waals surface area contributed by atoms with E-state index in [4.69, 9.17) is 16.3 Å². The molecule has 0 amide bonds. The van der Waals surface area contributed by atoms with E-state index in [2.05, 4.69) is 9.97 Å². The zero-order valence-electron chi connectivity index (χ0n) is 7.52. The fraction of sp³-hybridized carbons (Fsp3) is 0. The maximum Gasteiger partial charge on any atom is 0.259 e. The SMILES string of the molecule is Fc1cncnc1Oc1ccccc1Cl. The number of hydrogen-bond donors (Lipinski definition) is 0. The van der Waals surface area contributed by atoms with Crippen molar-refractivity contribution >= 4 is 11.6 Å². The van der Waals surface area contributed by atoms with Gasteiger partial charge >= 0.3 is 0 Å². The minimum atomic E-state index is -0.627. The Balaban J connectivity index is 2.30. The lowest BCUT2D eigenvalue weighted by Crippen LogP contribution is -1.92. The summed E-state index contributed by atoms with van der Waals surface area (Å²) in [6.45, 7) is 0. The van der Waals surface area contributed by atoms with Gasteiger partial charge in [-0.15, -0.1) is 0 Å². The van der Waals surface area contributed by atoms with Crippen molar-refractivity contribution < 1.29 is 9.13 Å². The van der Waals surface area contributed by atoms with Gasteiger partial charge in [0, 0.05) is 0 Å². The molecule has 0 unspecified atom stereocenters. The monoisotopic (exact) mass is 224 g/mol. The summed E-state index contributed by atoms with van der Waals surface area (Å²) in [5, 5.41) is 0.399. The number of aromatic nitrogens is 2. The normalized spacial score (nSPS) is 10.0. The molecule has 2 rings (SSSR count). The molecule has 15 heavy (non-hydrogen) atoms. The maximum absolute atomic E-state index is 13.1. The highest BCUT2D eigenvalue weighted by atomic mass is 35.5. The second-order valence-electron chi connectivity index (χ2n) is 2.71. The quantitative estimate of drug-likeness (QED) is 0.786. The lowest BCUT2D eigenvalue weighted by atomic mass is 10.3. The Morgan fingerprint density at radius 1 is 1.27 bits per heavy atom. The summed E-state index contributed by atoms with van der Waals surface area (Å²) in [5.41, 5.74) is 0. The Labute approximate surface area is 90.5 Å². The minimum Gasteiger partial charge on any atom is -0.435 e. The average Bonchev–Trinajstić information content (AvgIpc) is 2.24. The molecule has 1 heterocycles. The van der Waals surface area contributed by atoms with Crippen LogP contribution in [0.15, 0.2) is 36.8 Å². The average molecular weight is 225 g/mol. The van der Waals surface area contributed by atoms with Crippen LogP contribution in [0.2, 0.25) is 5.02 Å². The van der Waals surface area contributed by atoms with E-state index in [9.17, 15) is 4.39 Å². The largest absolute Gasteiger partial charge is 0.435 e. The van der Waals surface area contributed by atoms with Crippen LogP contribution in [0.5, 0.6) is 11.6 Å². The molecule has 76 valence electrons. The number of benzene rings is 1. The summed E-state index contributed by atoms with van der Waals surface area (Å²) in [6.07, 6.45) is 2.23. The smallest absolute Gasteiger partial charge is 0.259 e. The Hall–Kier alpha value is -1.68. The highest BCUT2D eigenvalue weighted by Gasteiger charge is 2.07. The molecule has 0 aliphatic heterocycles. The van der Waals surface area contributed by atoms with Gasteiger partial charge in [-0.05, 0) is 12.1 Å². The van der Waals surface area contributed by atoms with Crippen molar-refractivity contribution in [1.82, 2.24) is 9.97 Å². The number of nitrogens with zero attached hydrogens (tertiary/aromatic N) is 2. The second-order valence-corrected chi connectivity index (χ2v) is 3.12. The summed E-state index contributed by atoms with van der Waals surface area (Å²) in [4.78, 5) is 7.16. The summed E-state index contributed by atoms with van der Waals surface area (Å²) >= 11 is 5.84. The first kappa shape index (κ1) is 9.86. The van der Waals surface area contributed by atoms with Crippen molar-refractivity contribution in [2.24, 2.45) is 0 Å². The van der Waals surface area contributed by atoms with Gasteiger partial charge in [0.05, 0.1) is 11.2 Å². The Bertz CT molecular complexity index is 435. The molecular weight excluding hydrogens is 219 g/mol. The van der Waals surface area contributed by atoms with Crippen LogP contribution in [0.25, 0.3) is 0 Å². The molecule has 0 N–H and O–H groups in total. The van der Waals surface area contributed by atoms with Crippen LogP contribution in [-0.4, -0.2) is 9.97 Å². The van der Waals surface area contributed by atoms with Crippen LogP contribution in [0.3, 0.4) is 0 Å². The molecule has 1 aromatic heterocycles. The first-order valence-electron chi connectivity index (χ1n) is 4.15. The van der Waals surface area contributed by atoms with Crippen LogP contribution >= 0.6 is 11.6 Å². The molecule has 0 saturated heterocycles. The molecule has 5 heteroatoms. The molecule has 0 saturated carbocycles. The van der Waals surface area contributed by atoms with Crippen LogP contribution in [0, 0.1) is 5.82 Å². The van der Waals surface area contributed by atoms with E-state index in [0.29, 0.717) is 10.8 Å². The minimum absolute atomic E-state index is 0.141. The van der Waals surface area contributed by atoms with Crippen LogP contribution < -0.4 is 4.74 Å². The molecule has 0 bridgehead atoms. The molecular formula is C10H6ClFN2O. The van der Waals surface area contributed by atoms with Crippen molar-refractivity contribution in [3.05, 3.63) is 47.6 Å². The topological polar surface area (TPSA) is 35.0 Å². The maximum atomic E-state index is 13.1. The van der Waals surface area contributed by atoms with Crippen molar-refractivity contribution in [2.75, 3.05) is 0 Å². The van der Waals surface area contributed by atoms with Gasteiger partial charge in [-0.2, -0.15) is 9.37 Å². The molecule has 0 fully saturated rings. The Kier molecular flexibility index (Phi) is 2.78. The fourth-order valence-electron chi connectivity index (χ4n) is 1.01. The molecule has 2 aromatic rings. The van der Waals surface area contributed by atoms with Gasteiger partial charge in [0.15, 0.2) is 0 Å². The van der Waals surface area contributed by atoms with Gasteiger partial charge in [-0.1, -0.05) is 23.7 Å². The Morgan fingerprint density at radius 2 is 2.07 bits per heavy atom. The Morgan fingerprint density at radius 3 is 2.80 bits per heavy atom. The third kappa shape index (κ3) is 2.22. The molecule has 3 nitrogen and oxygen atoms in total. The van der Waals surface area contributed by atoms with Gasteiger partial charge < -0.3 is 4.74 Å². The molecule has 0 aliphatic carbocycles. The van der Waals surface area contributed by atoms with E-state index < -0.39 is 5.82 Å². The van der Waals surface area contributed by atoms with Gasteiger partial charge in [0.2, 0.25) is 5.82 Å². The van der Waals surface area contributed by atoms with Crippen LogP contribution in [0.4, 0.5) is 4.39 Å². The van der Waals surface area contributed by atoms with Gasteiger partial charge in [-0.25, -0.2) is 4.98 Å². The van der Waals surface area contributed by atoms with E-state index in [-0.39, 0.29) is 5.88 Å². The fourth-order valence-corrected chi connectivity index (χ4v) is 1.18. The molecule has 0 radical (unpaired) electrons. The van der Waals surface area contributed by atoms with Gasteiger partial charge in [-0.3, -0.25) is 0 Å². The van der Waals surface area contributed by atoms with E-state index >= 15 is 0 Å². The summed E-state index contributed by atoms with van der Waals surface area (Å²) in [7, 11) is 0. The first-order chi connectivity index (χ1) is 7.27. The van der Waals surface area contributed by atoms with Gasteiger partial charge in [0.25, 0.3) is 5.88 Å². The summed E-state index contributed by atoms with van der Waals surface area (Å²) in [5.74, 6) is -0.410. The molecule has 0 atom stereocenters. The summed E-state index contributed by atoms with van der Waals surface area (Å²) < 4.78 is 18.3. The first-order valence-corrected chi connectivity index (χ1v) is 4.53. The number of rotatable bonds is 2. The van der Waals surface area contributed by atoms with E-state index in [1.54, 1.807) is 24.3 Å². The lowest BCUT2D eigenvalue weighted by molar-refractivity contribution is 0.420. The third-order valence-electron chi connectivity index (χ3n) is 1.68. The third-order valence-corrected chi connectivity index (χ3v) is 1.99. The standard InChI is InChI=1S/C10H6ClFN2O/c11-7-3-1-2-4-9(7)15-10-8(12)5-13-6-14-10/h1-6H. The predicted octanol–water partition coefficient (Wildman–Crippen LogP) is 3.06. The predicted molar refractivity (Wildman–Crippen MR) is 53.5 cm³/mol. The van der Waals surface area contributed by atoms with Crippen LogP contribution in [-0.2, 0) is 0 Å². The van der Waals surface area contributed by atoms with Crippen molar-refractivity contribution in [2.45, 2.75) is 0 Å². The van der Waals surface area contributed by atoms with Crippen molar-refractivity contribution in [3.8, 4) is 11.6 Å². The molecule has 1 aromatic carbocycles. The summed E-state index contributed by atoms with van der Waals surface area (Å²) in [6, 6.07) is 6.77. The molecule has 0 aliphatic rings. The lowest BCUT2D eigenvalue weighted by Gasteiger charge is -2.05. The number of halogens is 2. The number of ether oxygens (including phenoxy) is 1. The molecule has 0 spiro atoms. The number of para-hydroxylation sites is 1. The van der Waals surface area contributed by atoms with E-state index in [1.807, 2.05) is 0 Å². The number of hydrogen-bond acceptors (Lipinski definition) is 3. The second kappa shape index (κ2) is 4.23. The highest BCUT2D eigenvalue weighted by molar-refractivity contribution is 6.32. The van der Waals surface area contributed by atoms with Gasteiger partial charge in [0.1, 0.15) is 12.1 Å². The van der Waals surface area contributed by atoms with E-state index in [0.717, 1.165) is 6.20 Å². The van der Waals surface area contributed by atoms with Crippen LogP contribution in [0.1, 0.15) is 0 Å². The zero-order valence-corrected chi connectivity index (χ0v) is 8.28. The van der Waals surface area contributed by atoms with E-state index in [1.165, 1.54) is 6.33 Å². The van der Waals surface area contributed by atoms with Crippen molar-refractivity contribution in [1.29, 1.82) is 0 Å².